The molecule has 1 saturated heterocycles. The van der Waals surface area contributed by atoms with Crippen LogP contribution in [0, 0.1) is 5.92 Å². The van der Waals surface area contributed by atoms with Crippen LogP contribution in [0.25, 0.3) is 0 Å². The molecule has 4 nitrogen and oxygen atoms in total. The van der Waals surface area contributed by atoms with Crippen LogP contribution in [0.1, 0.15) is 31.7 Å². The van der Waals surface area contributed by atoms with Gasteiger partial charge in [-0.05, 0) is 24.1 Å². The minimum atomic E-state index is 0.0248. The minimum absolute atomic E-state index is 0.0248. The zero-order valence-electron chi connectivity index (χ0n) is 12.5. The molecule has 20 heavy (non-hydrogen) atoms. The molecule has 1 aromatic carbocycles. The van der Waals surface area contributed by atoms with Gasteiger partial charge in [0.05, 0.1) is 7.11 Å². The van der Waals surface area contributed by atoms with Crippen molar-refractivity contribution >= 4 is 5.91 Å². The molecule has 0 spiro atoms. The van der Waals surface area contributed by atoms with Crippen molar-refractivity contribution < 1.29 is 9.53 Å². The lowest BCUT2D eigenvalue weighted by atomic mass is 9.88. The first-order valence-corrected chi connectivity index (χ1v) is 7.19. The summed E-state index contributed by atoms with van der Waals surface area (Å²) in [6, 6.07) is 8.12. The fraction of sp³-hybridized carbons (Fsp3) is 0.562. The van der Waals surface area contributed by atoms with Gasteiger partial charge in [-0.1, -0.05) is 26.0 Å². The number of carbonyl (C=O) groups is 1. The van der Waals surface area contributed by atoms with Crippen LogP contribution in [0.3, 0.4) is 0 Å². The zero-order valence-corrected chi connectivity index (χ0v) is 12.5. The van der Waals surface area contributed by atoms with Crippen LogP contribution in [-0.2, 0) is 4.79 Å². The first kappa shape index (κ1) is 14.9. The SMILES string of the molecule is COc1ccc(C2CC(N)CN(C(=O)C(C)C)C2)cc1. The smallest absolute Gasteiger partial charge is 0.225 e. The van der Waals surface area contributed by atoms with Gasteiger partial charge in [0.25, 0.3) is 0 Å². The third-order valence-corrected chi connectivity index (χ3v) is 3.88. The number of hydrogen-bond donors (Lipinski definition) is 1. The number of hydrogen-bond acceptors (Lipinski definition) is 3. The molecule has 0 saturated carbocycles. The average Bonchev–Trinajstić information content (AvgIpc) is 2.45. The summed E-state index contributed by atoms with van der Waals surface area (Å²) >= 11 is 0. The van der Waals surface area contributed by atoms with Crippen LogP contribution in [0.2, 0.25) is 0 Å². The van der Waals surface area contributed by atoms with Crippen molar-refractivity contribution in [3.63, 3.8) is 0 Å². The number of rotatable bonds is 3. The maximum absolute atomic E-state index is 12.2. The topological polar surface area (TPSA) is 55.6 Å². The number of nitrogens with two attached hydrogens (primary N) is 1. The Morgan fingerprint density at radius 1 is 1.30 bits per heavy atom. The Balaban J connectivity index is 2.12. The summed E-state index contributed by atoms with van der Waals surface area (Å²) in [5.41, 5.74) is 7.35. The van der Waals surface area contributed by atoms with Crippen LogP contribution in [0.5, 0.6) is 5.75 Å². The number of nitrogens with zero attached hydrogens (tertiary/aromatic N) is 1. The second-order valence-corrected chi connectivity index (χ2v) is 5.86. The highest BCUT2D eigenvalue weighted by Gasteiger charge is 2.29. The molecule has 1 amide bonds. The molecule has 4 heteroatoms. The molecule has 1 heterocycles. The van der Waals surface area contributed by atoms with Crippen molar-refractivity contribution in [2.45, 2.75) is 32.2 Å². The molecular formula is C16H24N2O2. The standard InChI is InChI=1S/C16H24N2O2/c1-11(2)16(19)18-9-13(8-14(17)10-18)12-4-6-15(20-3)7-5-12/h4-7,11,13-14H,8-10,17H2,1-3H3. The number of piperidine rings is 1. The van der Waals surface area contributed by atoms with E-state index in [-0.39, 0.29) is 17.9 Å². The maximum Gasteiger partial charge on any atom is 0.225 e. The third kappa shape index (κ3) is 3.31. The molecule has 1 fully saturated rings. The van der Waals surface area contributed by atoms with E-state index in [1.807, 2.05) is 30.9 Å². The van der Waals surface area contributed by atoms with Crippen LogP contribution >= 0.6 is 0 Å². The molecule has 2 rings (SSSR count). The number of ether oxygens (including phenoxy) is 1. The first-order chi connectivity index (χ1) is 9.51. The summed E-state index contributed by atoms with van der Waals surface area (Å²) in [4.78, 5) is 14.1. The van der Waals surface area contributed by atoms with Crippen molar-refractivity contribution in [3.05, 3.63) is 29.8 Å². The molecule has 1 aliphatic heterocycles. The molecule has 1 aliphatic rings. The Labute approximate surface area is 120 Å². The molecule has 2 N–H and O–H groups in total. The van der Waals surface area contributed by atoms with Crippen molar-refractivity contribution in [2.75, 3.05) is 20.2 Å². The highest BCUT2D eigenvalue weighted by atomic mass is 16.5. The fourth-order valence-corrected chi connectivity index (χ4v) is 2.80. The predicted octanol–water partition coefficient (Wildman–Crippen LogP) is 1.99. The van der Waals surface area contributed by atoms with Crippen LogP contribution in [0.15, 0.2) is 24.3 Å². The Morgan fingerprint density at radius 2 is 1.95 bits per heavy atom. The normalized spacial score (nSPS) is 22.9. The van der Waals surface area contributed by atoms with Gasteiger partial charge in [0.2, 0.25) is 5.91 Å². The molecular weight excluding hydrogens is 252 g/mol. The van der Waals surface area contributed by atoms with Gasteiger partial charge in [-0.2, -0.15) is 0 Å². The van der Waals surface area contributed by atoms with Crippen LogP contribution in [0.4, 0.5) is 0 Å². The first-order valence-electron chi connectivity index (χ1n) is 7.19. The van der Waals surface area contributed by atoms with Gasteiger partial charge in [-0.25, -0.2) is 0 Å². The van der Waals surface area contributed by atoms with Gasteiger partial charge in [0, 0.05) is 31.0 Å². The minimum Gasteiger partial charge on any atom is -0.497 e. The van der Waals surface area contributed by atoms with Gasteiger partial charge >= 0.3 is 0 Å². The Morgan fingerprint density at radius 3 is 2.50 bits per heavy atom. The summed E-state index contributed by atoms with van der Waals surface area (Å²) in [6.07, 6.45) is 0.925. The summed E-state index contributed by atoms with van der Waals surface area (Å²) in [7, 11) is 1.66. The molecule has 0 aliphatic carbocycles. The number of carbonyl (C=O) groups excluding carboxylic acids is 1. The summed E-state index contributed by atoms with van der Waals surface area (Å²) in [5.74, 6) is 1.38. The molecule has 0 bridgehead atoms. The van der Waals surface area contributed by atoms with E-state index in [9.17, 15) is 4.79 Å². The van der Waals surface area contributed by atoms with E-state index in [1.165, 1.54) is 5.56 Å². The van der Waals surface area contributed by atoms with E-state index >= 15 is 0 Å². The van der Waals surface area contributed by atoms with Crippen LogP contribution < -0.4 is 10.5 Å². The van der Waals surface area contributed by atoms with Crippen molar-refractivity contribution in [3.8, 4) is 5.75 Å². The lowest BCUT2D eigenvalue weighted by Crippen LogP contribution is -2.49. The lowest BCUT2D eigenvalue weighted by molar-refractivity contribution is -0.136. The van der Waals surface area contributed by atoms with Crippen molar-refractivity contribution in [1.29, 1.82) is 0 Å². The Bertz CT molecular complexity index is 456. The highest BCUT2D eigenvalue weighted by Crippen LogP contribution is 2.28. The molecule has 2 unspecified atom stereocenters. The largest absolute Gasteiger partial charge is 0.497 e. The quantitative estimate of drug-likeness (QED) is 0.918. The number of amides is 1. The summed E-state index contributed by atoms with van der Waals surface area (Å²) in [6.45, 7) is 5.30. The van der Waals surface area contributed by atoms with Gasteiger partial charge in [-0.3, -0.25) is 4.79 Å². The lowest BCUT2D eigenvalue weighted by Gasteiger charge is -2.37. The number of methoxy groups -OCH3 is 1. The van der Waals surface area contributed by atoms with Crippen molar-refractivity contribution in [2.24, 2.45) is 11.7 Å². The number of benzene rings is 1. The van der Waals surface area contributed by atoms with Crippen molar-refractivity contribution in [1.82, 2.24) is 4.90 Å². The Hall–Kier alpha value is -1.55. The molecule has 0 aromatic heterocycles. The van der Waals surface area contributed by atoms with E-state index in [0.717, 1.165) is 18.7 Å². The van der Waals surface area contributed by atoms with E-state index < -0.39 is 0 Å². The van der Waals surface area contributed by atoms with Gasteiger partial charge in [0.1, 0.15) is 5.75 Å². The average molecular weight is 276 g/mol. The van der Waals surface area contributed by atoms with E-state index in [2.05, 4.69) is 12.1 Å². The molecule has 2 atom stereocenters. The van der Waals surface area contributed by atoms with Gasteiger partial charge in [-0.15, -0.1) is 0 Å². The second kappa shape index (κ2) is 6.27. The molecule has 110 valence electrons. The molecule has 1 aromatic rings. The van der Waals surface area contributed by atoms with E-state index in [4.69, 9.17) is 10.5 Å². The fourth-order valence-electron chi connectivity index (χ4n) is 2.80. The van der Waals surface area contributed by atoms with Gasteiger partial charge < -0.3 is 15.4 Å². The summed E-state index contributed by atoms with van der Waals surface area (Å²) < 4.78 is 5.18. The Kier molecular flexibility index (Phi) is 4.65. The highest BCUT2D eigenvalue weighted by molar-refractivity contribution is 5.78. The van der Waals surface area contributed by atoms with E-state index in [1.54, 1.807) is 7.11 Å². The third-order valence-electron chi connectivity index (χ3n) is 3.88. The zero-order chi connectivity index (χ0) is 14.7. The predicted molar refractivity (Wildman–Crippen MR) is 79.7 cm³/mol. The molecule has 0 radical (unpaired) electrons. The van der Waals surface area contributed by atoms with Gasteiger partial charge in [0.15, 0.2) is 0 Å². The number of likely N-dealkylation sites (tertiary alicyclic amines) is 1. The second-order valence-electron chi connectivity index (χ2n) is 5.86. The maximum atomic E-state index is 12.2. The van der Waals surface area contributed by atoms with Crippen LogP contribution in [-0.4, -0.2) is 37.0 Å². The summed E-state index contributed by atoms with van der Waals surface area (Å²) in [5, 5.41) is 0. The monoisotopic (exact) mass is 276 g/mol. The van der Waals surface area contributed by atoms with E-state index in [0.29, 0.717) is 12.5 Å².